The Morgan fingerprint density at radius 3 is 2.84 bits per heavy atom. The SMILES string of the molecule is CSC[C@H](CCO)NC(=O)Nc1ccc(C)cc1Cl. The van der Waals surface area contributed by atoms with Crippen LogP contribution >= 0.6 is 23.4 Å². The van der Waals surface area contributed by atoms with Gasteiger partial charge in [0.25, 0.3) is 0 Å². The van der Waals surface area contributed by atoms with Crippen LogP contribution in [0.15, 0.2) is 18.2 Å². The number of hydrogen-bond acceptors (Lipinski definition) is 3. The molecule has 4 nitrogen and oxygen atoms in total. The van der Waals surface area contributed by atoms with E-state index in [-0.39, 0.29) is 18.7 Å². The molecule has 0 saturated heterocycles. The minimum absolute atomic E-state index is 0.0516. The van der Waals surface area contributed by atoms with Gasteiger partial charge in [-0.3, -0.25) is 0 Å². The number of benzene rings is 1. The van der Waals surface area contributed by atoms with Gasteiger partial charge in [-0.15, -0.1) is 0 Å². The van der Waals surface area contributed by atoms with Gasteiger partial charge in [-0.25, -0.2) is 4.79 Å². The molecule has 0 saturated carbocycles. The monoisotopic (exact) mass is 302 g/mol. The van der Waals surface area contributed by atoms with Gasteiger partial charge in [-0.1, -0.05) is 17.7 Å². The average Bonchev–Trinajstić information content (AvgIpc) is 2.33. The molecule has 0 aliphatic rings. The maximum atomic E-state index is 11.8. The van der Waals surface area contributed by atoms with E-state index in [9.17, 15) is 4.79 Å². The van der Waals surface area contributed by atoms with E-state index in [0.29, 0.717) is 17.1 Å². The maximum Gasteiger partial charge on any atom is 0.319 e. The molecular formula is C13H19ClN2O2S. The summed E-state index contributed by atoms with van der Waals surface area (Å²) in [5.41, 5.74) is 1.62. The Balaban J connectivity index is 2.58. The molecule has 0 unspecified atom stereocenters. The second-order valence-corrected chi connectivity index (χ2v) is 5.56. The average molecular weight is 303 g/mol. The molecule has 1 aromatic rings. The van der Waals surface area contributed by atoms with Crippen LogP contribution in [0.5, 0.6) is 0 Å². The molecule has 1 atom stereocenters. The topological polar surface area (TPSA) is 61.4 Å². The molecule has 0 spiro atoms. The van der Waals surface area contributed by atoms with Crippen LogP contribution in [0.25, 0.3) is 0 Å². The number of aryl methyl sites for hydroxylation is 1. The first kappa shape index (κ1) is 16.1. The lowest BCUT2D eigenvalue weighted by Crippen LogP contribution is -2.40. The molecule has 19 heavy (non-hydrogen) atoms. The Labute approximate surface area is 122 Å². The van der Waals surface area contributed by atoms with Crippen LogP contribution in [0, 0.1) is 6.92 Å². The second-order valence-electron chi connectivity index (χ2n) is 4.25. The first-order valence-corrected chi connectivity index (χ1v) is 7.77. The number of anilines is 1. The summed E-state index contributed by atoms with van der Waals surface area (Å²) in [7, 11) is 0. The summed E-state index contributed by atoms with van der Waals surface area (Å²) in [6, 6.07) is 5.09. The number of hydrogen-bond donors (Lipinski definition) is 3. The van der Waals surface area contributed by atoms with Gasteiger partial charge in [0.1, 0.15) is 0 Å². The molecule has 6 heteroatoms. The molecule has 0 radical (unpaired) electrons. The molecule has 0 aromatic heterocycles. The molecule has 0 aliphatic heterocycles. The van der Waals surface area contributed by atoms with E-state index < -0.39 is 0 Å². The van der Waals surface area contributed by atoms with Crippen molar-refractivity contribution in [1.82, 2.24) is 5.32 Å². The molecule has 1 aromatic carbocycles. The number of amides is 2. The first-order valence-electron chi connectivity index (χ1n) is 6.00. The van der Waals surface area contributed by atoms with Crippen molar-refractivity contribution in [1.29, 1.82) is 0 Å². The van der Waals surface area contributed by atoms with Gasteiger partial charge in [0, 0.05) is 18.4 Å². The lowest BCUT2D eigenvalue weighted by Gasteiger charge is -2.17. The van der Waals surface area contributed by atoms with Crippen molar-refractivity contribution < 1.29 is 9.90 Å². The second kappa shape index (κ2) is 8.30. The summed E-state index contributed by atoms with van der Waals surface area (Å²) in [6.07, 6.45) is 2.50. The Kier molecular flexibility index (Phi) is 7.05. The zero-order valence-electron chi connectivity index (χ0n) is 11.1. The number of aliphatic hydroxyl groups excluding tert-OH is 1. The number of nitrogens with one attached hydrogen (secondary N) is 2. The fraction of sp³-hybridized carbons (Fsp3) is 0.462. The summed E-state index contributed by atoms with van der Waals surface area (Å²) in [5, 5.41) is 15.0. The lowest BCUT2D eigenvalue weighted by atomic mass is 10.2. The molecule has 0 fully saturated rings. The van der Waals surface area contributed by atoms with Crippen LogP contribution in [0.3, 0.4) is 0 Å². The summed E-state index contributed by atoms with van der Waals surface area (Å²) in [4.78, 5) is 11.8. The van der Waals surface area contributed by atoms with E-state index >= 15 is 0 Å². The summed E-state index contributed by atoms with van der Waals surface area (Å²) >= 11 is 7.67. The Hall–Kier alpha value is -0.910. The number of halogens is 1. The Morgan fingerprint density at radius 2 is 2.26 bits per heavy atom. The van der Waals surface area contributed by atoms with Crippen LogP contribution < -0.4 is 10.6 Å². The molecule has 0 heterocycles. The number of aliphatic hydroxyl groups is 1. The van der Waals surface area contributed by atoms with Gasteiger partial charge in [-0.2, -0.15) is 11.8 Å². The third-order valence-electron chi connectivity index (χ3n) is 2.55. The highest BCUT2D eigenvalue weighted by molar-refractivity contribution is 7.98. The number of rotatable bonds is 6. The number of carbonyl (C=O) groups is 1. The largest absolute Gasteiger partial charge is 0.396 e. The highest BCUT2D eigenvalue weighted by Crippen LogP contribution is 2.22. The first-order chi connectivity index (χ1) is 9.06. The number of carbonyl (C=O) groups excluding carboxylic acids is 1. The smallest absolute Gasteiger partial charge is 0.319 e. The van der Waals surface area contributed by atoms with E-state index in [1.807, 2.05) is 19.2 Å². The Morgan fingerprint density at radius 1 is 1.53 bits per heavy atom. The van der Waals surface area contributed by atoms with E-state index in [2.05, 4.69) is 10.6 Å². The number of urea groups is 1. The molecule has 106 valence electrons. The predicted molar refractivity (Wildman–Crippen MR) is 82.2 cm³/mol. The third-order valence-corrected chi connectivity index (χ3v) is 3.60. The van der Waals surface area contributed by atoms with Gasteiger partial charge < -0.3 is 15.7 Å². The predicted octanol–water partition coefficient (Wildman–Crippen LogP) is 2.88. The van der Waals surface area contributed by atoms with Gasteiger partial charge in [0.2, 0.25) is 0 Å². The van der Waals surface area contributed by atoms with Gasteiger partial charge in [0.15, 0.2) is 0 Å². The van der Waals surface area contributed by atoms with E-state index in [0.717, 1.165) is 11.3 Å². The van der Waals surface area contributed by atoms with Crippen LogP contribution in [0.2, 0.25) is 5.02 Å². The standard InChI is InChI=1S/C13H19ClN2O2S/c1-9-3-4-12(11(14)7-9)16-13(18)15-10(5-6-17)8-19-2/h3-4,7,10,17H,5-6,8H2,1-2H3,(H2,15,16,18)/t10-/m0/s1. The van der Waals surface area contributed by atoms with Gasteiger partial charge in [-0.05, 0) is 37.3 Å². The van der Waals surface area contributed by atoms with Crippen molar-refractivity contribution in [3.8, 4) is 0 Å². The fourth-order valence-electron chi connectivity index (χ4n) is 1.62. The molecule has 2 amide bonds. The molecular weight excluding hydrogens is 284 g/mol. The Bertz CT molecular complexity index is 423. The summed E-state index contributed by atoms with van der Waals surface area (Å²) < 4.78 is 0. The number of thioether (sulfide) groups is 1. The van der Waals surface area contributed by atoms with Gasteiger partial charge >= 0.3 is 6.03 Å². The van der Waals surface area contributed by atoms with Crippen molar-refractivity contribution in [2.75, 3.05) is 23.9 Å². The van der Waals surface area contributed by atoms with Crippen LogP contribution in [0.1, 0.15) is 12.0 Å². The molecule has 3 N–H and O–H groups in total. The third kappa shape index (κ3) is 5.72. The quantitative estimate of drug-likeness (QED) is 0.757. The van der Waals surface area contributed by atoms with Crippen molar-refractivity contribution in [2.24, 2.45) is 0 Å². The van der Waals surface area contributed by atoms with Crippen molar-refractivity contribution in [3.63, 3.8) is 0 Å². The van der Waals surface area contributed by atoms with Crippen molar-refractivity contribution in [2.45, 2.75) is 19.4 Å². The lowest BCUT2D eigenvalue weighted by molar-refractivity contribution is 0.241. The van der Waals surface area contributed by atoms with E-state index in [4.69, 9.17) is 16.7 Å². The van der Waals surface area contributed by atoms with Crippen LogP contribution in [-0.2, 0) is 0 Å². The molecule has 0 aliphatic carbocycles. The van der Waals surface area contributed by atoms with E-state index in [1.165, 1.54) is 0 Å². The zero-order chi connectivity index (χ0) is 14.3. The molecule has 0 bridgehead atoms. The summed E-state index contributed by atoms with van der Waals surface area (Å²) in [6.45, 7) is 1.99. The van der Waals surface area contributed by atoms with E-state index in [1.54, 1.807) is 23.9 Å². The molecule has 1 rings (SSSR count). The van der Waals surface area contributed by atoms with Crippen LogP contribution in [-0.4, -0.2) is 35.8 Å². The summed E-state index contributed by atoms with van der Waals surface area (Å²) in [5.74, 6) is 0.760. The van der Waals surface area contributed by atoms with Gasteiger partial charge in [0.05, 0.1) is 10.7 Å². The highest BCUT2D eigenvalue weighted by atomic mass is 35.5. The zero-order valence-corrected chi connectivity index (χ0v) is 12.6. The fourth-order valence-corrected chi connectivity index (χ4v) is 2.55. The van der Waals surface area contributed by atoms with Crippen molar-refractivity contribution in [3.05, 3.63) is 28.8 Å². The van der Waals surface area contributed by atoms with Crippen LogP contribution in [0.4, 0.5) is 10.5 Å². The highest BCUT2D eigenvalue weighted by Gasteiger charge is 2.12. The normalized spacial score (nSPS) is 12.0. The maximum absolute atomic E-state index is 11.8. The minimum Gasteiger partial charge on any atom is -0.396 e. The van der Waals surface area contributed by atoms with Crippen molar-refractivity contribution >= 4 is 35.1 Å². The minimum atomic E-state index is -0.307.